The van der Waals surface area contributed by atoms with Gasteiger partial charge >= 0.3 is 5.82 Å². The molecule has 0 spiro atoms. The molecule has 2 heterocycles. The smallest absolute Gasteiger partial charge is 0.366 e. The van der Waals surface area contributed by atoms with Crippen LogP contribution >= 0.6 is 0 Å². The molecule has 1 aliphatic rings. The fraction of sp³-hybridized carbons (Fsp3) is 0.200. The zero-order chi connectivity index (χ0) is 16.6. The lowest BCUT2D eigenvalue weighted by Gasteiger charge is -2.29. The highest BCUT2D eigenvalue weighted by Gasteiger charge is 2.36. The second-order valence-corrected chi connectivity index (χ2v) is 5.06. The molecule has 8 heteroatoms. The number of hydrogen-bond acceptors (Lipinski definition) is 5. The molecule has 2 aromatic rings. The van der Waals surface area contributed by atoms with Gasteiger partial charge in [-0.15, -0.1) is 0 Å². The van der Waals surface area contributed by atoms with E-state index in [0.29, 0.717) is 11.3 Å². The number of fused-ring (bicyclic) bond motifs is 1. The number of halogens is 1. The molecule has 3 rings (SSSR count). The number of carbonyl (C=O) groups is 1. The first-order valence-electron chi connectivity index (χ1n) is 6.83. The first-order chi connectivity index (χ1) is 11.0. The van der Waals surface area contributed by atoms with E-state index in [2.05, 4.69) is 4.98 Å². The van der Waals surface area contributed by atoms with Gasteiger partial charge in [0.2, 0.25) is 0 Å². The van der Waals surface area contributed by atoms with Gasteiger partial charge in [-0.2, -0.15) is 0 Å². The second kappa shape index (κ2) is 5.64. The highest BCUT2D eigenvalue weighted by molar-refractivity contribution is 5.98. The maximum absolute atomic E-state index is 13.0. The average molecular weight is 317 g/mol. The molecule has 0 fully saturated rings. The van der Waals surface area contributed by atoms with Crippen LogP contribution in [0.4, 0.5) is 16.0 Å². The van der Waals surface area contributed by atoms with E-state index in [1.165, 1.54) is 29.2 Å². The van der Waals surface area contributed by atoms with E-state index in [1.807, 2.05) is 0 Å². The van der Waals surface area contributed by atoms with Gasteiger partial charge in [0.1, 0.15) is 5.82 Å². The first kappa shape index (κ1) is 14.9. The fourth-order valence-electron chi connectivity index (χ4n) is 2.30. The number of hydrogen-bond donors (Lipinski definition) is 0. The van der Waals surface area contributed by atoms with Crippen LogP contribution in [-0.2, 0) is 11.3 Å². The summed E-state index contributed by atoms with van der Waals surface area (Å²) < 4.78 is 18.4. The zero-order valence-corrected chi connectivity index (χ0v) is 12.1. The zero-order valence-electron chi connectivity index (χ0n) is 12.1. The highest BCUT2D eigenvalue weighted by Crippen LogP contribution is 2.34. The van der Waals surface area contributed by atoms with Gasteiger partial charge in [0.05, 0.1) is 6.54 Å². The molecule has 1 aromatic heterocycles. The van der Waals surface area contributed by atoms with Crippen molar-refractivity contribution in [3.05, 3.63) is 57.9 Å². The molecular formula is C15H12FN3O4. The van der Waals surface area contributed by atoms with Crippen molar-refractivity contribution < 1.29 is 18.8 Å². The molecule has 0 radical (unpaired) electrons. The number of benzene rings is 1. The van der Waals surface area contributed by atoms with Gasteiger partial charge in [0.25, 0.3) is 11.7 Å². The monoisotopic (exact) mass is 317 g/mol. The predicted octanol–water partition coefficient (Wildman–Crippen LogP) is 2.44. The average Bonchev–Trinajstić information content (AvgIpc) is 2.53. The van der Waals surface area contributed by atoms with Crippen molar-refractivity contribution in [2.45, 2.75) is 19.6 Å². The summed E-state index contributed by atoms with van der Waals surface area (Å²) in [5, 5.41) is 10.9. The van der Waals surface area contributed by atoms with Crippen molar-refractivity contribution in [1.82, 2.24) is 4.98 Å². The highest BCUT2D eigenvalue weighted by atomic mass is 19.1. The minimum atomic E-state index is -0.730. The van der Waals surface area contributed by atoms with Crippen molar-refractivity contribution in [3.8, 4) is 5.75 Å². The molecule has 7 nitrogen and oxygen atoms in total. The lowest BCUT2D eigenvalue weighted by atomic mass is 10.1. The molecule has 0 saturated carbocycles. The van der Waals surface area contributed by atoms with E-state index in [4.69, 9.17) is 4.74 Å². The largest absolute Gasteiger partial charge is 0.475 e. The molecule has 23 heavy (non-hydrogen) atoms. The minimum absolute atomic E-state index is 0.0895. The summed E-state index contributed by atoms with van der Waals surface area (Å²) in [4.78, 5) is 27.8. The Kier molecular flexibility index (Phi) is 3.65. The Labute approximate surface area is 130 Å². The van der Waals surface area contributed by atoms with Crippen molar-refractivity contribution in [2.75, 3.05) is 4.90 Å². The van der Waals surface area contributed by atoms with Gasteiger partial charge < -0.3 is 14.9 Å². The van der Waals surface area contributed by atoms with Crippen LogP contribution in [0, 0.1) is 15.9 Å². The fourth-order valence-corrected chi connectivity index (χ4v) is 2.30. The van der Waals surface area contributed by atoms with Gasteiger partial charge in [0.15, 0.2) is 11.9 Å². The van der Waals surface area contributed by atoms with Crippen LogP contribution in [-0.4, -0.2) is 21.9 Å². The molecule has 0 saturated heterocycles. The third-order valence-electron chi connectivity index (χ3n) is 3.44. The van der Waals surface area contributed by atoms with Gasteiger partial charge in [-0.25, -0.2) is 4.39 Å². The number of nitro groups is 1. The Morgan fingerprint density at radius 3 is 2.65 bits per heavy atom. The molecule has 1 atom stereocenters. The summed E-state index contributed by atoms with van der Waals surface area (Å²) in [7, 11) is 0. The van der Waals surface area contributed by atoms with Crippen molar-refractivity contribution in [1.29, 1.82) is 0 Å². The third kappa shape index (κ3) is 2.83. The first-order valence-corrected chi connectivity index (χ1v) is 6.83. The Hall–Kier alpha value is -3.03. The molecule has 0 aliphatic carbocycles. The number of aromatic nitrogens is 1. The Bertz CT molecular complexity index is 779. The lowest BCUT2D eigenvalue weighted by molar-refractivity contribution is -0.389. The molecule has 1 aromatic carbocycles. The van der Waals surface area contributed by atoms with E-state index in [9.17, 15) is 19.3 Å². The van der Waals surface area contributed by atoms with Crippen LogP contribution < -0.4 is 9.64 Å². The van der Waals surface area contributed by atoms with Gasteiger partial charge in [-0.05, 0) is 40.6 Å². The summed E-state index contributed by atoms with van der Waals surface area (Å²) in [6, 6.07) is 8.29. The van der Waals surface area contributed by atoms with Gasteiger partial charge in [-0.3, -0.25) is 9.69 Å². The summed E-state index contributed by atoms with van der Waals surface area (Å²) >= 11 is 0. The van der Waals surface area contributed by atoms with Crippen LogP contribution in [0.2, 0.25) is 0 Å². The SMILES string of the molecule is C[C@H]1Oc2ccc([N+](=O)[O-])nc2N(Cc2ccc(F)cc2)C1=O. The third-order valence-corrected chi connectivity index (χ3v) is 3.44. The summed E-state index contributed by atoms with van der Waals surface area (Å²) in [6.45, 7) is 1.71. The minimum Gasteiger partial charge on any atom is -0.475 e. The van der Waals surface area contributed by atoms with E-state index in [0.717, 1.165) is 0 Å². The van der Waals surface area contributed by atoms with Crippen LogP contribution in [0.3, 0.4) is 0 Å². The van der Waals surface area contributed by atoms with Crippen LogP contribution in [0.5, 0.6) is 5.75 Å². The predicted molar refractivity (Wildman–Crippen MR) is 78.6 cm³/mol. The number of rotatable bonds is 3. The standard InChI is InChI=1S/C15H12FN3O4/c1-9-15(20)18(8-10-2-4-11(16)5-3-10)14-12(23-9)6-7-13(17-14)19(21)22/h2-7,9H,8H2,1H3/t9-/m1/s1. The number of pyridine rings is 1. The molecule has 0 N–H and O–H groups in total. The number of nitrogens with zero attached hydrogens (tertiary/aromatic N) is 3. The molecule has 1 amide bonds. The van der Waals surface area contributed by atoms with E-state index in [-0.39, 0.29) is 29.9 Å². The van der Waals surface area contributed by atoms with E-state index < -0.39 is 11.0 Å². The van der Waals surface area contributed by atoms with Gasteiger partial charge in [0, 0.05) is 6.07 Å². The summed E-state index contributed by atoms with van der Waals surface area (Å²) in [6.07, 6.45) is -0.730. The van der Waals surface area contributed by atoms with E-state index >= 15 is 0 Å². The number of anilines is 1. The van der Waals surface area contributed by atoms with Crippen LogP contribution in [0.25, 0.3) is 0 Å². The maximum atomic E-state index is 13.0. The molecule has 1 aliphatic heterocycles. The second-order valence-electron chi connectivity index (χ2n) is 5.06. The van der Waals surface area contributed by atoms with Crippen molar-refractivity contribution >= 4 is 17.5 Å². The Balaban J connectivity index is 2.01. The molecular weight excluding hydrogens is 305 g/mol. The van der Waals surface area contributed by atoms with Crippen molar-refractivity contribution in [3.63, 3.8) is 0 Å². The maximum Gasteiger partial charge on any atom is 0.366 e. The topological polar surface area (TPSA) is 85.6 Å². The molecule has 0 unspecified atom stereocenters. The van der Waals surface area contributed by atoms with Crippen LogP contribution in [0.15, 0.2) is 36.4 Å². The lowest BCUT2D eigenvalue weighted by Crippen LogP contribution is -2.44. The Morgan fingerprint density at radius 1 is 1.30 bits per heavy atom. The summed E-state index contributed by atoms with van der Waals surface area (Å²) in [5.74, 6) is -0.741. The number of ether oxygens (including phenoxy) is 1. The van der Waals surface area contributed by atoms with Gasteiger partial charge in [-0.1, -0.05) is 12.1 Å². The quantitative estimate of drug-likeness (QED) is 0.641. The molecule has 118 valence electrons. The normalized spacial score (nSPS) is 16.7. The van der Waals surface area contributed by atoms with Crippen molar-refractivity contribution in [2.24, 2.45) is 0 Å². The van der Waals surface area contributed by atoms with E-state index in [1.54, 1.807) is 19.1 Å². The van der Waals surface area contributed by atoms with Crippen LogP contribution in [0.1, 0.15) is 12.5 Å². The number of amides is 1. The molecule has 0 bridgehead atoms. The summed E-state index contributed by atoms with van der Waals surface area (Å²) in [5.41, 5.74) is 0.674. The number of carbonyl (C=O) groups excluding carboxylic acids is 1. The Morgan fingerprint density at radius 2 is 2.00 bits per heavy atom.